The van der Waals surface area contributed by atoms with Crippen molar-refractivity contribution < 1.29 is 9.21 Å². The Labute approximate surface area is 171 Å². The average Bonchev–Trinajstić information content (AvgIpc) is 3.05. The number of anilines is 1. The Kier molecular flexibility index (Phi) is 4.90. The third-order valence-electron chi connectivity index (χ3n) is 4.43. The van der Waals surface area contributed by atoms with E-state index in [1.54, 1.807) is 24.3 Å². The van der Waals surface area contributed by atoms with Crippen molar-refractivity contribution in [2.45, 2.75) is 6.92 Å². The summed E-state index contributed by atoms with van der Waals surface area (Å²) in [5, 5.41) is 6.77. The number of aryl methyl sites for hydroxylation is 1. The van der Waals surface area contributed by atoms with Gasteiger partial charge in [-0.1, -0.05) is 48.0 Å². The molecule has 0 aliphatic heterocycles. The van der Waals surface area contributed by atoms with Gasteiger partial charge in [-0.2, -0.15) is 0 Å². The van der Waals surface area contributed by atoms with Gasteiger partial charge in [-0.25, -0.2) is 0 Å². The summed E-state index contributed by atoms with van der Waals surface area (Å²) in [6, 6.07) is 18.9. The Bertz CT molecular complexity index is 1200. The Morgan fingerprint density at radius 3 is 2.50 bits per heavy atom. The van der Waals surface area contributed by atoms with E-state index < -0.39 is 5.91 Å². The van der Waals surface area contributed by atoms with E-state index >= 15 is 0 Å². The maximum Gasteiger partial charge on any atom is 0.305 e. The van der Waals surface area contributed by atoms with E-state index in [1.165, 1.54) is 0 Å². The zero-order valence-electron chi connectivity index (χ0n) is 14.9. The molecule has 3 aromatic carbocycles. The minimum absolute atomic E-state index is 0.244. The molecule has 0 spiro atoms. The number of carbonyl (C=O) groups is 1. The van der Waals surface area contributed by atoms with Gasteiger partial charge in [0.2, 0.25) is 0 Å². The first-order valence-corrected chi connectivity index (χ1v) is 9.35. The van der Waals surface area contributed by atoms with Gasteiger partial charge in [0.15, 0.2) is 10.9 Å². The fraction of sp³-hybridized carbons (Fsp3) is 0.0476. The van der Waals surface area contributed by atoms with Gasteiger partial charge in [-0.3, -0.25) is 15.6 Å². The van der Waals surface area contributed by atoms with Crippen LogP contribution >= 0.6 is 23.8 Å². The Morgan fingerprint density at radius 2 is 1.71 bits per heavy atom. The van der Waals surface area contributed by atoms with E-state index in [4.69, 9.17) is 28.2 Å². The van der Waals surface area contributed by atoms with Crippen molar-refractivity contribution in [3.05, 3.63) is 77.0 Å². The molecule has 0 aliphatic rings. The topological polar surface area (TPSA) is 66.3 Å². The van der Waals surface area contributed by atoms with Crippen molar-refractivity contribution in [2.24, 2.45) is 0 Å². The fourth-order valence-electron chi connectivity index (χ4n) is 3.03. The number of furan rings is 1. The molecule has 1 amide bonds. The predicted molar refractivity (Wildman–Crippen MR) is 117 cm³/mol. The molecule has 7 heteroatoms. The van der Waals surface area contributed by atoms with Crippen LogP contribution in [0.4, 0.5) is 5.69 Å². The molecule has 3 N–H and O–H groups in total. The Hall–Kier alpha value is -3.09. The van der Waals surface area contributed by atoms with Crippen LogP contribution in [-0.4, -0.2) is 11.0 Å². The summed E-state index contributed by atoms with van der Waals surface area (Å²) in [5.74, 6) is -0.161. The summed E-state index contributed by atoms with van der Waals surface area (Å²) in [7, 11) is 0. The molecule has 0 unspecified atom stereocenters. The van der Waals surface area contributed by atoms with Crippen LogP contribution < -0.4 is 16.2 Å². The van der Waals surface area contributed by atoms with E-state index in [2.05, 4.69) is 16.2 Å². The third kappa shape index (κ3) is 3.52. The molecule has 4 aromatic rings. The van der Waals surface area contributed by atoms with Crippen LogP contribution in [0.2, 0.25) is 5.02 Å². The first-order chi connectivity index (χ1) is 13.5. The van der Waals surface area contributed by atoms with Crippen molar-refractivity contribution in [3.8, 4) is 0 Å². The van der Waals surface area contributed by atoms with E-state index in [-0.39, 0.29) is 10.9 Å². The second-order valence-corrected chi connectivity index (χ2v) is 7.10. The highest BCUT2D eigenvalue weighted by molar-refractivity contribution is 7.80. The molecule has 1 heterocycles. The number of thiocarbonyl (C=S) groups is 1. The van der Waals surface area contributed by atoms with Gasteiger partial charge < -0.3 is 9.73 Å². The second kappa shape index (κ2) is 7.50. The summed E-state index contributed by atoms with van der Waals surface area (Å²) in [6.07, 6.45) is 0. The number of amides is 1. The number of halogens is 1. The lowest BCUT2D eigenvalue weighted by molar-refractivity contribution is 0.0917. The fourth-order valence-corrected chi connectivity index (χ4v) is 3.33. The molecule has 1 aromatic heterocycles. The lowest BCUT2D eigenvalue weighted by Crippen LogP contribution is -2.43. The standard InChI is InChI=1S/C21H16ClN3O2S/c1-12-16-11-6-13-4-2-3-5-17(13)19(16)27-18(12)20(26)24-25-21(28)23-15-9-7-14(22)8-10-15/h2-11H,1H3,(H,24,26)(H2,23,25,28). The molecule has 140 valence electrons. The number of hydrogen-bond donors (Lipinski definition) is 3. The smallest absolute Gasteiger partial charge is 0.305 e. The van der Waals surface area contributed by atoms with E-state index in [1.807, 2.05) is 43.3 Å². The molecule has 0 radical (unpaired) electrons. The van der Waals surface area contributed by atoms with Crippen molar-refractivity contribution in [3.63, 3.8) is 0 Å². The van der Waals surface area contributed by atoms with Crippen LogP contribution in [0.3, 0.4) is 0 Å². The van der Waals surface area contributed by atoms with E-state index in [0.29, 0.717) is 10.6 Å². The van der Waals surface area contributed by atoms with Gasteiger partial charge >= 0.3 is 5.91 Å². The van der Waals surface area contributed by atoms with Gasteiger partial charge in [0.25, 0.3) is 0 Å². The van der Waals surface area contributed by atoms with Gasteiger partial charge in [-0.05, 0) is 48.8 Å². The van der Waals surface area contributed by atoms with E-state index in [9.17, 15) is 4.79 Å². The van der Waals surface area contributed by atoms with Gasteiger partial charge in [-0.15, -0.1) is 0 Å². The largest absolute Gasteiger partial charge is 0.450 e. The summed E-state index contributed by atoms with van der Waals surface area (Å²) >= 11 is 11.1. The quantitative estimate of drug-likeness (QED) is 0.314. The van der Waals surface area contributed by atoms with Gasteiger partial charge in [0, 0.05) is 27.0 Å². The number of hydrazine groups is 1. The van der Waals surface area contributed by atoms with Gasteiger partial charge in [0.05, 0.1) is 0 Å². The maximum absolute atomic E-state index is 12.6. The van der Waals surface area contributed by atoms with E-state index in [0.717, 1.165) is 27.4 Å². The van der Waals surface area contributed by atoms with Gasteiger partial charge in [0.1, 0.15) is 5.58 Å². The monoisotopic (exact) mass is 409 g/mol. The van der Waals surface area contributed by atoms with Crippen LogP contribution in [-0.2, 0) is 0 Å². The highest BCUT2D eigenvalue weighted by atomic mass is 35.5. The number of fused-ring (bicyclic) bond motifs is 3. The molecule has 0 bridgehead atoms. The lowest BCUT2D eigenvalue weighted by atomic mass is 10.1. The molecule has 5 nitrogen and oxygen atoms in total. The first kappa shape index (κ1) is 18.3. The molecular formula is C21H16ClN3O2S. The molecule has 0 saturated carbocycles. The number of rotatable bonds is 2. The highest BCUT2D eigenvalue weighted by Gasteiger charge is 2.19. The Morgan fingerprint density at radius 1 is 0.964 bits per heavy atom. The SMILES string of the molecule is Cc1c(C(=O)NNC(=S)Nc2ccc(Cl)cc2)oc2c1ccc1ccccc12. The summed E-state index contributed by atoms with van der Waals surface area (Å²) in [4.78, 5) is 12.6. The van der Waals surface area contributed by atoms with Crippen LogP contribution in [0.15, 0.2) is 65.1 Å². The number of carbonyl (C=O) groups excluding carboxylic acids is 1. The normalized spacial score (nSPS) is 10.8. The molecule has 0 saturated heterocycles. The number of nitrogens with one attached hydrogen (secondary N) is 3. The van der Waals surface area contributed by atoms with Crippen molar-refractivity contribution in [1.82, 2.24) is 10.9 Å². The molecule has 0 aliphatic carbocycles. The summed E-state index contributed by atoms with van der Waals surface area (Å²) in [6.45, 7) is 1.86. The molecule has 0 fully saturated rings. The van der Waals surface area contributed by atoms with Crippen molar-refractivity contribution in [2.75, 3.05) is 5.32 Å². The van der Waals surface area contributed by atoms with Crippen LogP contribution in [0.25, 0.3) is 21.7 Å². The number of benzene rings is 3. The molecular weight excluding hydrogens is 394 g/mol. The molecule has 28 heavy (non-hydrogen) atoms. The highest BCUT2D eigenvalue weighted by Crippen LogP contribution is 2.31. The molecule has 0 atom stereocenters. The van der Waals surface area contributed by atoms with Crippen LogP contribution in [0, 0.1) is 6.92 Å². The van der Waals surface area contributed by atoms with Crippen LogP contribution in [0.1, 0.15) is 16.1 Å². The minimum Gasteiger partial charge on any atom is -0.450 e. The van der Waals surface area contributed by atoms with Crippen molar-refractivity contribution in [1.29, 1.82) is 0 Å². The lowest BCUT2D eigenvalue weighted by Gasteiger charge is -2.11. The Balaban J connectivity index is 1.51. The maximum atomic E-state index is 12.6. The second-order valence-electron chi connectivity index (χ2n) is 6.26. The first-order valence-electron chi connectivity index (χ1n) is 8.56. The number of hydrogen-bond acceptors (Lipinski definition) is 3. The van der Waals surface area contributed by atoms with Crippen molar-refractivity contribution >= 4 is 62.3 Å². The zero-order valence-corrected chi connectivity index (χ0v) is 16.4. The third-order valence-corrected chi connectivity index (χ3v) is 4.88. The minimum atomic E-state index is -0.405. The summed E-state index contributed by atoms with van der Waals surface area (Å²) in [5.41, 5.74) is 7.47. The van der Waals surface area contributed by atoms with Crippen LogP contribution in [0.5, 0.6) is 0 Å². The predicted octanol–water partition coefficient (Wildman–Crippen LogP) is 5.18. The average molecular weight is 410 g/mol. The molecule has 4 rings (SSSR count). The summed E-state index contributed by atoms with van der Waals surface area (Å²) < 4.78 is 5.91. The zero-order chi connectivity index (χ0) is 19.7.